The number of amides is 1. The molecule has 7 nitrogen and oxygen atoms in total. The normalized spacial score (nSPS) is 21.3. The molecule has 9 heteroatoms. The number of nitrogens with zero attached hydrogens (tertiary/aromatic N) is 3. The molecule has 2 aliphatic rings. The first-order valence-electron chi connectivity index (χ1n) is 9.04. The zero-order valence-electron chi connectivity index (χ0n) is 15.6. The molecule has 2 saturated heterocycles. The Hall–Kier alpha value is -2.23. The second-order valence-electron chi connectivity index (χ2n) is 6.82. The zero-order chi connectivity index (χ0) is 19.8. The maximum Gasteiger partial charge on any atom is 0.267 e. The van der Waals surface area contributed by atoms with Crippen molar-refractivity contribution in [3.8, 4) is 0 Å². The van der Waals surface area contributed by atoms with Crippen molar-refractivity contribution in [2.75, 3.05) is 25.5 Å². The number of hydrogen-bond donors (Lipinski definition) is 1. The molecule has 0 unspecified atom stereocenters. The van der Waals surface area contributed by atoms with Crippen molar-refractivity contribution in [3.05, 3.63) is 44.7 Å². The van der Waals surface area contributed by atoms with Gasteiger partial charge in [0.1, 0.15) is 15.8 Å². The Bertz CT molecular complexity index is 1060. The van der Waals surface area contributed by atoms with Crippen LogP contribution < -0.4 is 10.9 Å². The molecular formula is C19H20N4O3S2. The van der Waals surface area contributed by atoms with Crippen molar-refractivity contribution in [2.24, 2.45) is 0 Å². The maximum atomic E-state index is 13.2. The fourth-order valence-electron chi connectivity index (χ4n) is 3.27. The van der Waals surface area contributed by atoms with E-state index in [1.54, 1.807) is 25.4 Å². The van der Waals surface area contributed by atoms with Crippen molar-refractivity contribution in [1.29, 1.82) is 0 Å². The first kappa shape index (κ1) is 19.1. The molecule has 4 heterocycles. The topological polar surface area (TPSA) is 75.9 Å². The lowest BCUT2D eigenvalue weighted by molar-refractivity contribution is -0.121. The number of pyridine rings is 1. The van der Waals surface area contributed by atoms with Crippen LogP contribution in [0.3, 0.4) is 0 Å². The van der Waals surface area contributed by atoms with Crippen LogP contribution in [0.15, 0.2) is 28.0 Å². The fraction of sp³-hybridized carbons (Fsp3) is 0.368. The lowest BCUT2D eigenvalue weighted by Crippen LogP contribution is -2.25. The second kappa shape index (κ2) is 7.65. The van der Waals surface area contributed by atoms with Gasteiger partial charge in [-0.05, 0) is 37.5 Å². The van der Waals surface area contributed by atoms with Gasteiger partial charge < -0.3 is 10.1 Å². The smallest absolute Gasteiger partial charge is 0.267 e. The third-order valence-electron chi connectivity index (χ3n) is 4.87. The first-order chi connectivity index (χ1) is 13.5. The van der Waals surface area contributed by atoms with Crippen LogP contribution >= 0.6 is 24.0 Å². The molecule has 1 atom stereocenters. The van der Waals surface area contributed by atoms with Gasteiger partial charge in [0.2, 0.25) is 0 Å². The molecule has 4 rings (SSSR count). The van der Waals surface area contributed by atoms with E-state index in [-0.39, 0.29) is 17.6 Å². The summed E-state index contributed by atoms with van der Waals surface area (Å²) in [4.78, 5) is 32.1. The van der Waals surface area contributed by atoms with Crippen LogP contribution in [0.4, 0.5) is 5.82 Å². The number of thiocarbonyl (C=S) groups is 1. The molecular weight excluding hydrogens is 396 g/mol. The number of nitrogens with one attached hydrogen (secondary N) is 1. The predicted octanol–water partition coefficient (Wildman–Crippen LogP) is 2.42. The summed E-state index contributed by atoms with van der Waals surface area (Å²) in [7, 11) is 1.63. The number of aromatic nitrogens is 2. The number of carbonyl (C=O) groups excluding carboxylic acids is 1. The van der Waals surface area contributed by atoms with Crippen molar-refractivity contribution in [1.82, 2.24) is 14.3 Å². The maximum absolute atomic E-state index is 13.2. The molecule has 1 amide bonds. The molecule has 2 fully saturated rings. The number of anilines is 1. The molecule has 0 bridgehead atoms. The summed E-state index contributed by atoms with van der Waals surface area (Å²) >= 11 is 6.38. The third-order valence-corrected chi connectivity index (χ3v) is 6.35. The molecule has 0 aliphatic carbocycles. The van der Waals surface area contributed by atoms with Gasteiger partial charge in [0.25, 0.3) is 11.5 Å². The van der Waals surface area contributed by atoms with Crippen molar-refractivity contribution < 1.29 is 9.53 Å². The highest BCUT2D eigenvalue weighted by atomic mass is 32.2. The summed E-state index contributed by atoms with van der Waals surface area (Å²) in [6.45, 7) is 3.22. The van der Waals surface area contributed by atoms with Gasteiger partial charge in [-0.25, -0.2) is 4.98 Å². The minimum atomic E-state index is -0.232. The minimum Gasteiger partial charge on any atom is -0.376 e. The SMILES string of the molecule is Cc1cccn2c(=O)c(/C=C3\SC(=S)N(C)C3=O)c(NC[C@H]3CCCO3)nc12. The van der Waals surface area contributed by atoms with Gasteiger partial charge in [0.05, 0.1) is 16.6 Å². The number of ether oxygens (including phenoxy) is 1. The van der Waals surface area contributed by atoms with Crippen molar-refractivity contribution in [2.45, 2.75) is 25.9 Å². The highest BCUT2D eigenvalue weighted by Crippen LogP contribution is 2.32. The summed E-state index contributed by atoms with van der Waals surface area (Å²) in [5.41, 5.74) is 1.59. The van der Waals surface area contributed by atoms with Crippen LogP contribution in [-0.4, -0.2) is 50.8 Å². The molecule has 0 saturated carbocycles. The molecule has 2 aromatic heterocycles. The van der Waals surface area contributed by atoms with Crippen LogP contribution in [0.5, 0.6) is 0 Å². The van der Waals surface area contributed by atoms with E-state index in [1.807, 2.05) is 13.0 Å². The van der Waals surface area contributed by atoms with Gasteiger partial charge in [-0.1, -0.05) is 30.0 Å². The number of aryl methyl sites for hydroxylation is 1. The largest absolute Gasteiger partial charge is 0.376 e. The summed E-state index contributed by atoms with van der Waals surface area (Å²) in [5, 5.41) is 3.27. The van der Waals surface area contributed by atoms with E-state index in [1.165, 1.54) is 21.1 Å². The summed E-state index contributed by atoms with van der Waals surface area (Å²) < 4.78 is 7.64. The van der Waals surface area contributed by atoms with Crippen molar-refractivity contribution in [3.63, 3.8) is 0 Å². The van der Waals surface area contributed by atoms with Crippen LogP contribution in [0.25, 0.3) is 11.7 Å². The quantitative estimate of drug-likeness (QED) is 0.606. The molecule has 28 heavy (non-hydrogen) atoms. The van der Waals surface area contributed by atoms with Crippen LogP contribution in [0.2, 0.25) is 0 Å². The van der Waals surface area contributed by atoms with Gasteiger partial charge in [-0.15, -0.1) is 0 Å². The van der Waals surface area contributed by atoms with E-state index in [9.17, 15) is 9.59 Å². The average molecular weight is 417 g/mol. The molecule has 2 aliphatic heterocycles. The van der Waals surface area contributed by atoms with Gasteiger partial charge in [0.15, 0.2) is 0 Å². The van der Waals surface area contributed by atoms with E-state index in [4.69, 9.17) is 17.0 Å². The monoisotopic (exact) mass is 416 g/mol. The third kappa shape index (κ3) is 3.45. The van der Waals surface area contributed by atoms with E-state index in [2.05, 4.69) is 10.3 Å². The molecule has 0 spiro atoms. The fourth-order valence-corrected chi connectivity index (χ4v) is 4.43. The van der Waals surface area contributed by atoms with Crippen LogP contribution in [0, 0.1) is 6.92 Å². The highest BCUT2D eigenvalue weighted by Gasteiger charge is 2.29. The Balaban J connectivity index is 1.81. The number of likely N-dealkylation sites (N-methyl/N-ethyl adjacent to an activating group) is 1. The summed E-state index contributed by atoms with van der Waals surface area (Å²) in [5.74, 6) is 0.241. The average Bonchev–Trinajstić information content (AvgIpc) is 3.28. The van der Waals surface area contributed by atoms with E-state index in [0.717, 1.165) is 25.0 Å². The number of carbonyl (C=O) groups is 1. The lowest BCUT2D eigenvalue weighted by Gasteiger charge is -2.15. The van der Waals surface area contributed by atoms with Crippen LogP contribution in [-0.2, 0) is 9.53 Å². The summed E-state index contributed by atoms with van der Waals surface area (Å²) in [6, 6.07) is 3.72. The number of rotatable bonds is 4. The molecule has 146 valence electrons. The second-order valence-corrected chi connectivity index (χ2v) is 8.50. The van der Waals surface area contributed by atoms with Crippen LogP contribution in [0.1, 0.15) is 24.0 Å². The Morgan fingerprint density at radius 2 is 2.29 bits per heavy atom. The standard InChI is InChI=1S/C19H20N4O3S2/c1-11-5-3-7-23-16(11)21-15(20-10-12-6-4-8-26-12)13(17(23)24)9-14-18(25)22(2)19(27)28-14/h3,5,7,9,12,20H,4,6,8,10H2,1-2H3/b14-9-/t12-/m1/s1. The molecule has 0 aromatic carbocycles. The minimum absolute atomic E-state index is 0.0961. The van der Waals surface area contributed by atoms with E-state index in [0.29, 0.717) is 32.8 Å². The van der Waals surface area contributed by atoms with E-state index >= 15 is 0 Å². The van der Waals surface area contributed by atoms with Gasteiger partial charge >= 0.3 is 0 Å². The number of thioether (sulfide) groups is 1. The lowest BCUT2D eigenvalue weighted by atomic mass is 10.2. The van der Waals surface area contributed by atoms with E-state index < -0.39 is 0 Å². The highest BCUT2D eigenvalue weighted by molar-refractivity contribution is 8.26. The molecule has 0 radical (unpaired) electrons. The Labute approximate surface area is 171 Å². The van der Waals surface area contributed by atoms with Gasteiger partial charge in [-0.3, -0.25) is 18.9 Å². The zero-order valence-corrected chi connectivity index (χ0v) is 17.2. The Morgan fingerprint density at radius 3 is 2.96 bits per heavy atom. The molecule has 1 N–H and O–H groups in total. The summed E-state index contributed by atoms with van der Waals surface area (Å²) in [6.07, 6.45) is 5.38. The Kier molecular flexibility index (Phi) is 5.22. The number of fused-ring (bicyclic) bond motifs is 1. The Morgan fingerprint density at radius 1 is 1.46 bits per heavy atom. The first-order valence-corrected chi connectivity index (χ1v) is 10.3. The van der Waals surface area contributed by atoms with Gasteiger partial charge in [-0.2, -0.15) is 0 Å². The predicted molar refractivity (Wildman–Crippen MR) is 115 cm³/mol. The number of hydrogen-bond acceptors (Lipinski definition) is 7. The van der Waals surface area contributed by atoms with Gasteiger partial charge in [0, 0.05) is 26.4 Å². The van der Waals surface area contributed by atoms with Crippen molar-refractivity contribution >= 4 is 51.7 Å². The molecule has 2 aromatic rings.